The second-order valence-electron chi connectivity index (χ2n) is 5.46. The van der Waals surface area contributed by atoms with Gasteiger partial charge in [-0.1, -0.05) is 30.3 Å². The van der Waals surface area contributed by atoms with Crippen LogP contribution in [0.3, 0.4) is 0 Å². The van der Waals surface area contributed by atoms with E-state index >= 15 is 0 Å². The van der Waals surface area contributed by atoms with Gasteiger partial charge < -0.3 is 35.6 Å². The Morgan fingerprint density at radius 2 is 1.78 bits per heavy atom. The molecule has 1 fully saturated rings. The summed E-state index contributed by atoms with van der Waals surface area (Å²) in [4.78, 5) is 11.9. The first kappa shape index (κ1) is 17.8. The van der Waals surface area contributed by atoms with Gasteiger partial charge in [-0.15, -0.1) is 0 Å². The summed E-state index contributed by atoms with van der Waals surface area (Å²) < 4.78 is 9.87. The highest BCUT2D eigenvalue weighted by Gasteiger charge is 2.43. The molecule has 8 heteroatoms. The SMILES string of the molecule is N[C@H](Cc1ccccc1)C(=O)OC[C@@H]1O[C@H](O)[C@H](O)[C@@H](O)[C@H]1O. The molecule has 0 radical (unpaired) electrons. The minimum Gasteiger partial charge on any atom is -0.462 e. The largest absolute Gasteiger partial charge is 0.462 e. The maximum absolute atomic E-state index is 11.9. The van der Waals surface area contributed by atoms with Crippen molar-refractivity contribution in [1.29, 1.82) is 0 Å². The van der Waals surface area contributed by atoms with Gasteiger partial charge in [0.05, 0.1) is 0 Å². The summed E-state index contributed by atoms with van der Waals surface area (Å²) in [6, 6.07) is 8.27. The van der Waals surface area contributed by atoms with E-state index in [1.165, 1.54) is 0 Å². The number of carbonyl (C=O) groups is 1. The third kappa shape index (κ3) is 4.47. The first-order chi connectivity index (χ1) is 10.9. The lowest BCUT2D eigenvalue weighted by molar-refractivity contribution is -0.287. The van der Waals surface area contributed by atoms with Crippen molar-refractivity contribution in [2.24, 2.45) is 5.73 Å². The molecule has 0 unspecified atom stereocenters. The molecule has 2 rings (SSSR count). The van der Waals surface area contributed by atoms with Crippen LogP contribution in [0.15, 0.2) is 30.3 Å². The van der Waals surface area contributed by atoms with Gasteiger partial charge in [-0.3, -0.25) is 4.79 Å². The number of ether oxygens (including phenoxy) is 2. The summed E-state index contributed by atoms with van der Waals surface area (Å²) in [6.07, 6.45) is -7.26. The van der Waals surface area contributed by atoms with Crippen molar-refractivity contribution in [3.63, 3.8) is 0 Å². The van der Waals surface area contributed by atoms with Crippen LogP contribution in [0, 0.1) is 0 Å². The van der Waals surface area contributed by atoms with E-state index in [1.54, 1.807) is 0 Å². The van der Waals surface area contributed by atoms with Crippen LogP contribution in [0.4, 0.5) is 0 Å². The van der Waals surface area contributed by atoms with Gasteiger partial charge >= 0.3 is 5.97 Å². The summed E-state index contributed by atoms with van der Waals surface area (Å²) in [5, 5.41) is 38.0. The van der Waals surface area contributed by atoms with Gasteiger partial charge in [0.2, 0.25) is 0 Å². The number of aliphatic hydroxyl groups is 4. The van der Waals surface area contributed by atoms with Crippen LogP contribution in [-0.4, -0.2) is 69.8 Å². The molecule has 8 nitrogen and oxygen atoms in total. The molecule has 0 spiro atoms. The molecule has 0 aliphatic carbocycles. The average molecular weight is 327 g/mol. The van der Waals surface area contributed by atoms with Gasteiger partial charge in [0.15, 0.2) is 6.29 Å². The third-order valence-electron chi connectivity index (χ3n) is 3.68. The molecular formula is C15H21NO7. The van der Waals surface area contributed by atoms with E-state index in [-0.39, 0.29) is 6.42 Å². The fourth-order valence-electron chi connectivity index (χ4n) is 2.29. The molecule has 1 aliphatic rings. The Morgan fingerprint density at radius 1 is 1.13 bits per heavy atom. The van der Waals surface area contributed by atoms with E-state index in [1.807, 2.05) is 30.3 Å². The third-order valence-corrected chi connectivity index (χ3v) is 3.68. The fourth-order valence-corrected chi connectivity index (χ4v) is 2.29. The quantitative estimate of drug-likeness (QED) is 0.387. The number of carbonyl (C=O) groups excluding carboxylic acids is 1. The summed E-state index contributed by atoms with van der Waals surface area (Å²) in [6.45, 7) is -0.399. The Balaban J connectivity index is 1.84. The summed E-state index contributed by atoms with van der Waals surface area (Å²) in [5.74, 6) is -0.695. The first-order valence-electron chi connectivity index (χ1n) is 7.24. The number of esters is 1. The fraction of sp³-hybridized carbons (Fsp3) is 0.533. The van der Waals surface area contributed by atoms with Crippen LogP contribution in [0.5, 0.6) is 0 Å². The summed E-state index contributed by atoms with van der Waals surface area (Å²) in [5.41, 5.74) is 6.63. The molecule has 1 aromatic carbocycles. The lowest BCUT2D eigenvalue weighted by Gasteiger charge is -2.37. The molecule has 1 heterocycles. The van der Waals surface area contributed by atoms with Crippen LogP contribution < -0.4 is 5.73 Å². The van der Waals surface area contributed by atoms with Crippen LogP contribution in [0.1, 0.15) is 5.56 Å². The monoisotopic (exact) mass is 327 g/mol. The van der Waals surface area contributed by atoms with Crippen LogP contribution in [0.2, 0.25) is 0 Å². The molecule has 6 atom stereocenters. The molecule has 0 aromatic heterocycles. The molecule has 1 aliphatic heterocycles. The zero-order valence-electron chi connectivity index (χ0n) is 12.4. The lowest BCUT2D eigenvalue weighted by Crippen LogP contribution is -2.58. The van der Waals surface area contributed by atoms with Crippen LogP contribution in [-0.2, 0) is 20.7 Å². The molecule has 0 amide bonds. The molecule has 128 valence electrons. The molecule has 1 saturated heterocycles. The van der Waals surface area contributed by atoms with Gasteiger partial charge in [0.1, 0.15) is 37.1 Å². The van der Waals surface area contributed by atoms with E-state index in [9.17, 15) is 25.2 Å². The van der Waals surface area contributed by atoms with Crippen LogP contribution >= 0.6 is 0 Å². The summed E-state index contributed by atoms with van der Waals surface area (Å²) >= 11 is 0. The van der Waals surface area contributed by atoms with E-state index in [0.717, 1.165) is 5.56 Å². The maximum atomic E-state index is 11.9. The number of benzene rings is 1. The van der Waals surface area contributed by atoms with Crippen molar-refractivity contribution in [2.45, 2.75) is 43.2 Å². The number of nitrogens with two attached hydrogens (primary N) is 1. The zero-order valence-corrected chi connectivity index (χ0v) is 12.4. The molecule has 0 saturated carbocycles. The van der Waals surface area contributed by atoms with Crippen molar-refractivity contribution in [3.8, 4) is 0 Å². The Morgan fingerprint density at radius 3 is 2.43 bits per heavy atom. The smallest absolute Gasteiger partial charge is 0.323 e. The minimum atomic E-state index is -1.67. The highest BCUT2D eigenvalue weighted by atomic mass is 16.6. The molecular weight excluding hydrogens is 306 g/mol. The van der Waals surface area contributed by atoms with Crippen molar-refractivity contribution < 1.29 is 34.7 Å². The standard InChI is InChI=1S/C15H21NO7/c16-9(6-8-4-2-1-3-5-8)14(20)22-7-10-11(17)12(18)13(19)15(21)23-10/h1-5,9-13,15,17-19,21H,6-7,16H2/t9-,10+,11+,12+,13-,15+/m1/s1. The number of rotatable bonds is 5. The second kappa shape index (κ2) is 7.82. The Hall–Kier alpha value is -1.55. The minimum absolute atomic E-state index is 0.289. The van der Waals surface area contributed by atoms with Gasteiger partial charge in [0, 0.05) is 0 Å². The van der Waals surface area contributed by atoms with Gasteiger partial charge in [0.25, 0.3) is 0 Å². The summed E-state index contributed by atoms with van der Waals surface area (Å²) in [7, 11) is 0. The van der Waals surface area contributed by atoms with Crippen molar-refractivity contribution >= 4 is 5.97 Å². The normalized spacial score (nSPS) is 32.3. The second-order valence-corrected chi connectivity index (χ2v) is 5.46. The average Bonchev–Trinajstić information content (AvgIpc) is 2.55. The predicted octanol–water partition coefficient (Wildman–Crippen LogP) is -2.10. The number of aliphatic hydroxyl groups excluding tert-OH is 4. The van der Waals surface area contributed by atoms with E-state index in [4.69, 9.17) is 15.2 Å². The van der Waals surface area contributed by atoms with E-state index in [2.05, 4.69) is 0 Å². The maximum Gasteiger partial charge on any atom is 0.323 e. The van der Waals surface area contributed by atoms with E-state index < -0.39 is 49.3 Å². The van der Waals surface area contributed by atoms with Crippen molar-refractivity contribution in [3.05, 3.63) is 35.9 Å². The van der Waals surface area contributed by atoms with Crippen molar-refractivity contribution in [1.82, 2.24) is 0 Å². The zero-order chi connectivity index (χ0) is 17.0. The predicted molar refractivity (Wildman–Crippen MR) is 78.0 cm³/mol. The van der Waals surface area contributed by atoms with Crippen molar-refractivity contribution in [2.75, 3.05) is 6.61 Å². The topological polar surface area (TPSA) is 142 Å². The van der Waals surface area contributed by atoms with E-state index in [0.29, 0.717) is 0 Å². The Kier molecular flexibility index (Phi) is 6.05. The van der Waals surface area contributed by atoms with Crippen LogP contribution in [0.25, 0.3) is 0 Å². The highest BCUT2D eigenvalue weighted by Crippen LogP contribution is 2.20. The number of hydrogen-bond acceptors (Lipinski definition) is 8. The Labute approximate surface area is 133 Å². The number of hydrogen-bond donors (Lipinski definition) is 5. The Bertz CT molecular complexity index is 512. The molecule has 0 bridgehead atoms. The lowest BCUT2D eigenvalue weighted by atomic mass is 9.99. The molecule has 6 N–H and O–H groups in total. The molecule has 1 aromatic rings. The van der Waals surface area contributed by atoms with Gasteiger partial charge in [-0.05, 0) is 12.0 Å². The highest BCUT2D eigenvalue weighted by molar-refractivity contribution is 5.75. The van der Waals surface area contributed by atoms with Gasteiger partial charge in [-0.2, -0.15) is 0 Å². The van der Waals surface area contributed by atoms with Gasteiger partial charge in [-0.25, -0.2) is 0 Å². The molecule has 23 heavy (non-hydrogen) atoms. The first-order valence-corrected chi connectivity index (χ1v) is 7.24.